The maximum absolute atomic E-state index is 13.1. The SMILES string of the molecule is CCCC1CCCN(C(=O)C2(COC)CCNCC2)CC1. The van der Waals surface area contributed by atoms with Gasteiger partial charge >= 0.3 is 0 Å². The highest BCUT2D eigenvalue weighted by atomic mass is 16.5. The Morgan fingerprint density at radius 3 is 2.71 bits per heavy atom. The summed E-state index contributed by atoms with van der Waals surface area (Å²) in [6.45, 7) is 6.59. The average molecular weight is 296 g/mol. The number of methoxy groups -OCH3 is 1. The molecule has 0 aliphatic carbocycles. The van der Waals surface area contributed by atoms with Gasteiger partial charge in [0.1, 0.15) is 0 Å². The van der Waals surface area contributed by atoms with E-state index < -0.39 is 0 Å². The minimum absolute atomic E-state index is 0.273. The molecule has 1 amide bonds. The summed E-state index contributed by atoms with van der Waals surface area (Å²) in [5.41, 5.74) is -0.273. The number of nitrogens with one attached hydrogen (secondary N) is 1. The first-order valence-corrected chi connectivity index (χ1v) is 8.71. The van der Waals surface area contributed by atoms with Gasteiger partial charge in [0.2, 0.25) is 5.91 Å². The van der Waals surface area contributed by atoms with Crippen LogP contribution in [0.4, 0.5) is 0 Å². The fourth-order valence-corrected chi connectivity index (χ4v) is 4.00. The third-order valence-corrected chi connectivity index (χ3v) is 5.27. The minimum Gasteiger partial charge on any atom is -0.384 e. The quantitative estimate of drug-likeness (QED) is 0.847. The van der Waals surface area contributed by atoms with Crippen LogP contribution in [0.15, 0.2) is 0 Å². The molecule has 1 unspecified atom stereocenters. The molecule has 4 nitrogen and oxygen atoms in total. The lowest BCUT2D eigenvalue weighted by atomic mass is 9.78. The van der Waals surface area contributed by atoms with E-state index in [1.165, 1.54) is 25.7 Å². The molecular formula is C17H32N2O2. The van der Waals surface area contributed by atoms with Crippen LogP contribution in [0.1, 0.15) is 51.9 Å². The Labute approximate surface area is 129 Å². The number of carbonyl (C=O) groups excluding carboxylic acids is 1. The predicted molar refractivity (Wildman–Crippen MR) is 85.2 cm³/mol. The van der Waals surface area contributed by atoms with Crippen LogP contribution in [0, 0.1) is 11.3 Å². The van der Waals surface area contributed by atoms with Crippen LogP contribution in [0.25, 0.3) is 0 Å². The molecule has 21 heavy (non-hydrogen) atoms. The number of hydrogen-bond donors (Lipinski definition) is 1. The second-order valence-corrected chi connectivity index (χ2v) is 6.84. The van der Waals surface area contributed by atoms with Crippen LogP contribution >= 0.6 is 0 Å². The summed E-state index contributed by atoms with van der Waals surface area (Å²) < 4.78 is 5.41. The first kappa shape index (κ1) is 16.8. The molecule has 0 aromatic carbocycles. The highest BCUT2D eigenvalue weighted by Gasteiger charge is 2.42. The monoisotopic (exact) mass is 296 g/mol. The summed E-state index contributed by atoms with van der Waals surface area (Å²) in [7, 11) is 1.72. The van der Waals surface area contributed by atoms with Crippen molar-refractivity contribution in [3.63, 3.8) is 0 Å². The summed E-state index contributed by atoms with van der Waals surface area (Å²) in [4.78, 5) is 15.2. The molecule has 0 spiro atoms. The fraction of sp³-hybridized carbons (Fsp3) is 0.941. The van der Waals surface area contributed by atoms with Gasteiger partial charge in [-0.15, -0.1) is 0 Å². The van der Waals surface area contributed by atoms with Crippen molar-refractivity contribution >= 4 is 5.91 Å². The Bertz CT molecular complexity index is 321. The highest BCUT2D eigenvalue weighted by molar-refractivity contribution is 5.83. The topological polar surface area (TPSA) is 41.6 Å². The molecular weight excluding hydrogens is 264 g/mol. The highest BCUT2D eigenvalue weighted by Crippen LogP contribution is 2.33. The molecule has 2 aliphatic rings. The van der Waals surface area contributed by atoms with Crippen LogP contribution in [0.5, 0.6) is 0 Å². The van der Waals surface area contributed by atoms with E-state index in [0.29, 0.717) is 12.5 Å². The molecule has 2 fully saturated rings. The van der Waals surface area contributed by atoms with Gasteiger partial charge in [0.05, 0.1) is 12.0 Å². The van der Waals surface area contributed by atoms with Crippen molar-refractivity contribution in [2.45, 2.75) is 51.9 Å². The molecule has 2 saturated heterocycles. The first-order chi connectivity index (χ1) is 10.2. The molecule has 0 aromatic rings. The van der Waals surface area contributed by atoms with Gasteiger partial charge in [0.25, 0.3) is 0 Å². The van der Waals surface area contributed by atoms with Gasteiger partial charge in [-0.3, -0.25) is 4.79 Å². The van der Waals surface area contributed by atoms with E-state index in [1.54, 1.807) is 7.11 Å². The molecule has 1 atom stereocenters. The Kier molecular flexibility index (Phi) is 6.49. The lowest BCUT2D eigenvalue weighted by Crippen LogP contribution is -2.51. The van der Waals surface area contributed by atoms with Crippen LogP contribution in [-0.4, -0.2) is 50.7 Å². The van der Waals surface area contributed by atoms with Crippen molar-refractivity contribution in [3.05, 3.63) is 0 Å². The standard InChI is InChI=1S/C17H32N2O2/c1-3-5-15-6-4-12-19(13-7-15)16(20)17(14-21-2)8-10-18-11-9-17/h15,18H,3-14H2,1-2H3. The normalized spacial score (nSPS) is 26.4. The van der Waals surface area contributed by atoms with Crippen LogP contribution < -0.4 is 5.32 Å². The Morgan fingerprint density at radius 1 is 1.29 bits per heavy atom. The second-order valence-electron chi connectivity index (χ2n) is 6.84. The van der Waals surface area contributed by atoms with Crippen molar-refractivity contribution in [2.75, 3.05) is 39.9 Å². The van der Waals surface area contributed by atoms with Gasteiger partial charge < -0.3 is 15.0 Å². The average Bonchev–Trinajstić information content (AvgIpc) is 2.74. The smallest absolute Gasteiger partial charge is 0.231 e. The van der Waals surface area contributed by atoms with Gasteiger partial charge in [-0.05, 0) is 51.1 Å². The van der Waals surface area contributed by atoms with E-state index in [-0.39, 0.29) is 5.41 Å². The van der Waals surface area contributed by atoms with Crippen LogP contribution in [0.2, 0.25) is 0 Å². The zero-order chi connectivity index (χ0) is 15.1. The summed E-state index contributed by atoms with van der Waals surface area (Å²) >= 11 is 0. The third kappa shape index (κ3) is 4.19. The molecule has 0 saturated carbocycles. The Morgan fingerprint density at radius 2 is 2.05 bits per heavy atom. The second kappa shape index (κ2) is 8.14. The van der Waals surface area contributed by atoms with Crippen LogP contribution in [0.3, 0.4) is 0 Å². The number of likely N-dealkylation sites (tertiary alicyclic amines) is 1. The molecule has 0 bridgehead atoms. The summed E-state index contributed by atoms with van der Waals surface area (Å²) in [5.74, 6) is 1.17. The van der Waals surface area contributed by atoms with E-state index in [4.69, 9.17) is 4.74 Å². The number of carbonyl (C=O) groups is 1. The van der Waals surface area contributed by atoms with Crippen molar-refractivity contribution in [2.24, 2.45) is 11.3 Å². The number of ether oxygens (including phenoxy) is 1. The molecule has 2 heterocycles. The van der Waals surface area contributed by atoms with E-state index in [9.17, 15) is 4.79 Å². The van der Waals surface area contributed by atoms with Gasteiger partial charge in [-0.25, -0.2) is 0 Å². The molecule has 2 rings (SSSR count). The molecule has 2 aliphatic heterocycles. The number of hydrogen-bond acceptors (Lipinski definition) is 3. The summed E-state index contributed by atoms with van der Waals surface area (Å²) in [6.07, 6.45) is 8.03. The number of nitrogens with zero attached hydrogens (tertiary/aromatic N) is 1. The van der Waals surface area contributed by atoms with Crippen molar-refractivity contribution in [3.8, 4) is 0 Å². The van der Waals surface area contributed by atoms with Crippen LogP contribution in [-0.2, 0) is 9.53 Å². The molecule has 4 heteroatoms. The largest absolute Gasteiger partial charge is 0.384 e. The number of rotatable bonds is 5. The van der Waals surface area contributed by atoms with E-state index in [1.807, 2.05) is 0 Å². The zero-order valence-corrected chi connectivity index (χ0v) is 13.8. The molecule has 1 N–H and O–H groups in total. The van der Waals surface area contributed by atoms with E-state index in [2.05, 4.69) is 17.1 Å². The van der Waals surface area contributed by atoms with E-state index >= 15 is 0 Å². The predicted octanol–water partition coefficient (Wildman–Crippen LogP) is 2.43. The maximum atomic E-state index is 13.1. The summed E-state index contributed by atoms with van der Waals surface area (Å²) in [5, 5.41) is 3.37. The van der Waals surface area contributed by atoms with Gasteiger partial charge in [0, 0.05) is 20.2 Å². The summed E-state index contributed by atoms with van der Waals surface area (Å²) in [6, 6.07) is 0. The first-order valence-electron chi connectivity index (χ1n) is 8.71. The molecule has 0 radical (unpaired) electrons. The molecule has 122 valence electrons. The fourth-order valence-electron chi connectivity index (χ4n) is 4.00. The van der Waals surface area contributed by atoms with Crippen molar-refractivity contribution in [1.29, 1.82) is 0 Å². The zero-order valence-electron chi connectivity index (χ0n) is 13.8. The third-order valence-electron chi connectivity index (χ3n) is 5.27. The maximum Gasteiger partial charge on any atom is 0.231 e. The lowest BCUT2D eigenvalue weighted by molar-refractivity contribution is -0.147. The van der Waals surface area contributed by atoms with E-state index in [0.717, 1.165) is 51.4 Å². The van der Waals surface area contributed by atoms with Gasteiger partial charge in [0.15, 0.2) is 0 Å². The number of piperidine rings is 1. The van der Waals surface area contributed by atoms with Gasteiger partial charge in [-0.1, -0.05) is 19.8 Å². The van der Waals surface area contributed by atoms with Crippen molar-refractivity contribution < 1.29 is 9.53 Å². The number of amides is 1. The Balaban J connectivity index is 1.99. The minimum atomic E-state index is -0.273. The molecule has 0 aromatic heterocycles. The van der Waals surface area contributed by atoms with Crippen molar-refractivity contribution in [1.82, 2.24) is 10.2 Å². The van der Waals surface area contributed by atoms with Gasteiger partial charge in [-0.2, -0.15) is 0 Å². The lowest BCUT2D eigenvalue weighted by Gasteiger charge is -2.39. The Hall–Kier alpha value is -0.610.